The molecule has 0 fully saturated rings. The Balaban J connectivity index is 2.34. The summed E-state index contributed by atoms with van der Waals surface area (Å²) in [5.41, 5.74) is -1.05. The molecule has 0 aliphatic heterocycles. The van der Waals surface area contributed by atoms with Gasteiger partial charge < -0.3 is 10.2 Å². The molecule has 6 nitrogen and oxygen atoms in total. The summed E-state index contributed by atoms with van der Waals surface area (Å²) in [5.74, 6) is -0.602. The highest BCUT2D eigenvalue weighted by molar-refractivity contribution is 6.03. The maximum Gasteiger partial charge on any atom is 0.418 e. The third-order valence-corrected chi connectivity index (χ3v) is 3.18. The average molecular weight is 328 g/mol. The van der Waals surface area contributed by atoms with E-state index >= 15 is 0 Å². The van der Waals surface area contributed by atoms with Gasteiger partial charge >= 0.3 is 6.18 Å². The fourth-order valence-corrected chi connectivity index (χ4v) is 2.11. The number of nitrogens with one attached hydrogen (secondary N) is 2. The number of halogens is 3. The monoisotopic (exact) mass is 328 g/mol. The summed E-state index contributed by atoms with van der Waals surface area (Å²) in [4.78, 5) is 24.6. The number of H-pyrrole nitrogens is 1. The molecule has 2 aromatic rings. The van der Waals surface area contributed by atoms with Gasteiger partial charge in [0.25, 0.3) is 11.5 Å². The third-order valence-electron chi connectivity index (χ3n) is 3.18. The van der Waals surface area contributed by atoms with Gasteiger partial charge in [0.05, 0.1) is 11.3 Å². The minimum atomic E-state index is -4.49. The van der Waals surface area contributed by atoms with Crippen LogP contribution in [0.25, 0.3) is 0 Å². The smallest absolute Gasteiger partial charge is 0.377 e. The van der Waals surface area contributed by atoms with E-state index in [1.54, 1.807) is 0 Å². The summed E-state index contributed by atoms with van der Waals surface area (Å²) < 4.78 is 40.1. The van der Waals surface area contributed by atoms with Crippen LogP contribution in [0.4, 0.5) is 24.5 Å². The van der Waals surface area contributed by atoms with Crippen molar-refractivity contribution in [3.05, 3.63) is 45.9 Å². The van der Waals surface area contributed by atoms with Crippen molar-refractivity contribution in [1.82, 2.24) is 9.78 Å². The molecule has 2 rings (SSSR count). The van der Waals surface area contributed by atoms with E-state index in [1.807, 2.05) is 0 Å². The Morgan fingerprint density at radius 2 is 1.91 bits per heavy atom. The van der Waals surface area contributed by atoms with Gasteiger partial charge in [-0.15, -0.1) is 0 Å². The zero-order valence-corrected chi connectivity index (χ0v) is 12.7. The minimum Gasteiger partial charge on any atom is -0.377 e. The van der Waals surface area contributed by atoms with E-state index in [0.717, 1.165) is 12.1 Å². The predicted octanol–water partition coefficient (Wildman–Crippen LogP) is 2.05. The summed E-state index contributed by atoms with van der Waals surface area (Å²) >= 11 is 0. The second-order valence-corrected chi connectivity index (χ2v) is 5.14. The molecule has 0 saturated heterocycles. The van der Waals surface area contributed by atoms with Crippen LogP contribution in [0.5, 0.6) is 0 Å². The summed E-state index contributed by atoms with van der Waals surface area (Å²) in [7, 11) is 4.44. The van der Waals surface area contributed by atoms with Crippen LogP contribution in [0.1, 0.15) is 16.1 Å². The first-order valence-electron chi connectivity index (χ1n) is 6.55. The lowest BCUT2D eigenvalue weighted by molar-refractivity contribution is -0.137. The maximum absolute atomic E-state index is 13.0. The van der Waals surface area contributed by atoms with Crippen LogP contribution >= 0.6 is 0 Å². The molecular formula is C14H15F3N4O2. The largest absolute Gasteiger partial charge is 0.418 e. The second-order valence-electron chi connectivity index (χ2n) is 5.14. The number of carbonyl (C=O) groups is 1. The first-order chi connectivity index (χ1) is 10.6. The Hall–Kier alpha value is -2.71. The molecule has 1 heterocycles. The Morgan fingerprint density at radius 3 is 2.39 bits per heavy atom. The van der Waals surface area contributed by atoms with Crippen molar-refractivity contribution < 1.29 is 18.0 Å². The van der Waals surface area contributed by atoms with Crippen molar-refractivity contribution in [2.45, 2.75) is 6.18 Å². The summed E-state index contributed by atoms with van der Waals surface area (Å²) in [6.45, 7) is 0. The topological polar surface area (TPSA) is 70.1 Å². The number of alkyl halides is 3. The Bertz CT molecular complexity index is 790. The Labute approximate surface area is 129 Å². The summed E-state index contributed by atoms with van der Waals surface area (Å²) in [5, 5.41) is 4.85. The molecule has 0 atom stereocenters. The standard InChI is InChI=1S/C14H15F3N4O2/c1-20(2)10-6-8(4-5-9(10)14(15,16)17)18-13(23)11-7-12(22)19-21(11)3/h4-7H,1-3H3,(H,18,23)(H,19,22). The van der Waals surface area contributed by atoms with Crippen molar-refractivity contribution in [2.75, 3.05) is 24.3 Å². The highest BCUT2D eigenvalue weighted by atomic mass is 19.4. The van der Waals surface area contributed by atoms with Crippen LogP contribution in [0.2, 0.25) is 0 Å². The van der Waals surface area contributed by atoms with Crippen molar-refractivity contribution in [1.29, 1.82) is 0 Å². The first-order valence-corrected chi connectivity index (χ1v) is 6.55. The molecule has 9 heteroatoms. The van der Waals surface area contributed by atoms with Crippen molar-refractivity contribution in [2.24, 2.45) is 7.05 Å². The molecule has 124 valence electrons. The van der Waals surface area contributed by atoms with Gasteiger partial charge in [0, 0.05) is 32.9 Å². The van der Waals surface area contributed by atoms with Gasteiger partial charge in [-0.3, -0.25) is 19.4 Å². The lowest BCUT2D eigenvalue weighted by atomic mass is 10.1. The van der Waals surface area contributed by atoms with E-state index in [1.165, 1.54) is 42.9 Å². The highest BCUT2D eigenvalue weighted by Gasteiger charge is 2.34. The van der Waals surface area contributed by atoms with Crippen LogP contribution in [0.3, 0.4) is 0 Å². The fraction of sp³-hybridized carbons (Fsp3) is 0.286. The van der Waals surface area contributed by atoms with Crippen molar-refractivity contribution in [3.8, 4) is 0 Å². The van der Waals surface area contributed by atoms with Crippen molar-refractivity contribution >= 4 is 17.3 Å². The van der Waals surface area contributed by atoms with Crippen LogP contribution in [-0.2, 0) is 13.2 Å². The number of hydrogen-bond acceptors (Lipinski definition) is 3. The number of hydrogen-bond donors (Lipinski definition) is 2. The van der Waals surface area contributed by atoms with Gasteiger partial charge in [-0.1, -0.05) is 0 Å². The Morgan fingerprint density at radius 1 is 1.26 bits per heavy atom. The lowest BCUT2D eigenvalue weighted by Crippen LogP contribution is -2.19. The molecule has 23 heavy (non-hydrogen) atoms. The fourth-order valence-electron chi connectivity index (χ4n) is 2.11. The SMILES string of the molecule is CN(C)c1cc(NC(=O)c2cc(=O)[nH]n2C)ccc1C(F)(F)F. The van der Waals surface area contributed by atoms with Crippen LogP contribution < -0.4 is 15.8 Å². The maximum atomic E-state index is 13.0. The van der Waals surface area contributed by atoms with Crippen LogP contribution in [0, 0.1) is 0 Å². The molecule has 0 aliphatic carbocycles. The number of aromatic nitrogens is 2. The van der Waals surface area contributed by atoms with E-state index in [-0.39, 0.29) is 17.1 Å². The number of benzene rings is 1. The van der Waals surface area contributed by atoms with Gasteiger partial charge in [0.2, 0.25) is 0 Å². The number of anilines is 2. The quantitative estimate of drug-likeness (QED) is 0.906. The zero-order chi connectivity index (χ0) is 17.4. The molecule has 2 N–H and O–H groups in total. The normalized spacial score (nSPS) is 11.4. The van der Waals surface area contributed by atoms with E-state index in [0.29, 0.717) is 0 Å². The number of carbonyl (C=O) groups excluding carboxylic acids is 1. The van der Waals surface area contributed by atoms with E-state index in [4.69, 9.17) is 0 Å². The minimum absolute atomic E-state index is 0.0706. The van der Waals surface area contributed by atoms with Crippen molar-refractivity contribution in [3.63, 3.8) is 0 Å². The first kappa shape index (κ1) is 16.7. The average Bonchev–Trinajstić information content (AvgIpc) is 2.76. The van der Waals surface area contributed by atoms with E-state index in [2.05, 4.69) is 10.4 Å². The Kier molecular flexibility index (Phi) is 4.22. The third kappa shape index (κ3) is 3.55. The molecule has 1 aromatic carbocycles. The van der Waals surface area contributed by atoms with E-state index in [9.17, 15) is 22.8 Å². The molecule has 0 unspecified atom stereocenters. The van der Waals surface area contributed by atoms with E-state index < -0.39 is 23.2 Å². The molecule has 0 aliphatic rings. The highest BCUT2D eigenvalue weighted by Crippen LogP contribution is 2.37. The predicted molar refractivity (Wildman–Crippen MR) is 79.8 cm³/mol. The number of amides is 1. The van der Waals surface area contributed by atoms with Gasteiger partial charge in [-0.05, 0) is 18.2 Å². The number of aromatic amines is 1. The molecule has 0 saturated carbocycles. The van der Waals surface area contributed by atoms with Crippen LogP contribution in [0.15, 0.2) is 29.1 Å². The zero-order valence-electron chi connectivity index (χ0n) is 12.7. The van der Waals surface area contributed by atoms with Gasteiger partial charge in [0.15, 0.2) is 0 Å². The van der Waals surface area contributed by atoms with Gasteiger partial charge in [-0.2, -0.15) is 13.2 Å². The number of nitrogens with zero attached hydrogens (tertiary/aromatic N) is 2. The second kappa shape index (κ2) is 5.82. The lowest BCUT2D eigenvalue weighted by Gasteiger charge is -2.20. The van der Waals surface area contributed by atoms with Gasteiger partial charge in [0.1, 0.15) is 5.69 Å². The van der Waals surface area contributed by atoms with Crippen LogP contribution in [-0.4, -0.2) is 29.8 Å². The van der Waals surface area contributed by atoms with Gasteiger partial charge in [-0.25, -0.2) is 0 Å². The molecular weight excluding hydrogens is 313 g/mol. The summed E-state index contributed by atoms with van der Waals surface area (Å²) in [6, 6.07) is 4.40. The summed E-state index contributed by atoms with van der Waals surface area (Å²) in [6.07, 6.45) is -4.49. The molecule has 0 radical (unpaired) electrons. The molecule has 1 amide bonds. The number of aryl methyl sites for hydroxylation is 1. The number of rotatable bonds is 3. The molecule has 0 spiro atoms. The molecule has 1 aromatic heterocycles. The molecule has 0 bridgehead atoms.